The van der Waals surface area contributed by atoms with Crippen LogP contribution < -0.4 is 5.32 Å². The molecule has 110 valence electrons. The van der Waals surface area contributed by atoms with Gasteiger partial charge in [-0.15, -0.1) is 0 Å². The number of rotatable bonds is 4. The lowest BCUT2D eigenvalue weighted by Crippen LogP contribution is -2.40. The number of nitrogens with one attached hydrogen (secondary N) is 1. The molecule has 0 bridgehead atoms. The van der Waals surface area contributed by atoms with E-state index in [4.69, 9.17) is 0 Å². The first kappa shape index (κ1) is 15.3. The second kappa shape index (κ2) is 6.14. The summed E-state index contributed by atoms with van der Waals surface area (Å²) in [5.74, 6) is 2.33. The lowest BCUT2D eigenvalue weighted by atomic mass is 9.87. The number of hydrogen-bond acceptors (Lipinski definition) is 4. The van der Waals surface area contributed by atoms with Gasteiger partial charge in [-0.05, 0) is 30.1 Å². The largest absolute Gasteiger partial charge is 0.309 e. The van der Waals surface area contributed by atoms with Crippen LogP contribution in [-0.2, 0) is 6.54 Å². The third kappa shape index (κ3) is 3.73. The van der Waals surface area contributed by atoms with Gasteiger partial charge in [0.1, 0.15) is 0 Å². The maximum absolute atomic E-state index is 10.9. The van der Waals surface area contributed by atoms with E-state index in [0.29, 0.717) is 18.0 Å². The molecule has 0 aliphatic carbocycles. The van der Waals surface area contributed by atoms with Crippen LogP contribution in [0.2, 0.25) is 0 Å². The van der Waals surface area contributed by atoms with E-state index in [1.807, 2.05) is 24.8 Å². The minimum Gasteiger partial charge on any atom is -0.309 e. The van der Waals surface area contributed by atoms with Crippen LogP contribution in [0, 0.1) is 22.5 Å². The van der Waals surface area contributed by atoms with Gasteiger partial charge in [0.15, 0.2) is 0 Å². The minimum absolute atomic E-state index is 0.211. The first-order chi connectivity index (χ1) is 9.39. The molecule has 0 saturated carbocycles. The lowest BCUT2D eigenvalue weighted by molar-refractivity contribution is -0.385. The summed E-state index contributed by atoms with van der Waals surface area (Å²) in [6.07, 6.45) is 1.16. The molecular weight excluding hydrogens is 272 g/mol. The van der Waals surface area contributed by atoms with Gasteiger partial charge >= 0.3 is 0 Å². The van der Waals surface area contributed by atoms with Crippen LogP contribution in [0.5, 0.6) is 0 Å². The maximum atomic E-state index is 10.9. The highest BCUT2D eigenvalue weighted by Crippen LogP contribution is 2.33. The van der Waals surface area contributed by atoms with Crippen LogP contribution in [-0.4, -0.2) is 22.5 Å². The van der Waals surface area contributed by atoms with E-state index < -0.39 is 0 Å². The molecule has 1 atom stereocenters. The summed E-state index contributed by atoms with van der Waals surface area (Å²) in [6.45, 7) is 7.13. The van der Waals surface area contributed by atoms with Crippen molar-refractivity contribution in [2.24, 2.45) is 5.41 Å². The molecule has 1 aliphatic rings. The van der Waals surface area contributed by atoms with Gasteiger partial charge in [0.25, 0.3) is 5.69 Å². The normalized spacial score (nSPS) is 21.6. The Kier molecular flexibility index (Phi) is 4.70. The van der Waals surface area contributed by atoms with Crippen molar-refractivity contribution >= 4 is 17.4 Å². The first-order valence-corrected chi connectivity index (χ1v) is 8.08. The van der Waals surface area contributed by atoms with Crippen LogP contribution in [0.4, 0.5) is 5.69 Å². The molecule has 1 unspecified atom stereocenters. The monoisotopic (exact) mass is 294 g/mol. The van der Waals surface area contributed by atoms with E-state index in [1.54, 1.807) is 12.1 Å². The van der Waals surface area contributed by atoms with Crippen LogP contribution in [0.1, 0.15) is 31.4 Å². The van der Waals surface area contributed by atoms with Gasteiger partial charge in [0.2, 0.25) is 0 Å². The average molecular weight is 294 g/mol. The molecule has 5 heteroatoms. The Morgan fingerprint density at radius 1 is 1.50 bits per heavy atom. The van der Waals surface area contributed by atoms with E-state index in [2.05, 4.69) is 19.2 Å². The fourth-order valence-corrected chi connectivity index (χ4v) is 4.02. The van der Waals surface area contributed by atoms with Crippen molar-refractivity contribution < 1.29 is 4.92 Å². The highest BCUT2D eigenvalue weighted by Gasteiger charge is 2.28. The molecule has 1 aromatic rings. The number of hydrogen-bond donors (Lipinski definition) is 1. The Bertz CT molecular complexity index is 503. The van der Waals surface area contributed by atoms with Gasteiger partial charge in [-0.1, -0.05) is 26.0 Å². The molecule has 0 amide bonds. The molecule has 0 spiro atoms. The third-order valence-electron chi connectivity index (χ3n) is 3.81. The van der Waals surface area contributed by atoms with E-state index in [0.717, 1.165) is 23.3 Å². The second-order valence-electron chi connectivity index (χ2n) is 6.28. The van der Waals surface area contributed by atoms with Crippen LogP contribution in [0.25, 0.3) is 0 Å². The van der Waals surface area contributed by atoms with Crippen LogP contribution in [0.15, 0.2) is 18.2 Å². The predicted octanol–water partition coefficient (Wildman–Crippen LogP) is 3.52. The van der Waals surface area contributed by atoms with Crippen molar-refractivity contribution in [2.75, 3.05) is 11.5 Å². The van der Waals surface area contributed by atoms with Crippen LogP contribution >= 0.6 is 11.8 Å². The van der Waals surface area contributed by atoms with Gasteiger partial charge in [-0.2, -0.15) is 11.8 Å². The summed E-state index contributed by atoms with van der Waals surface area (Å²) in [5, 5.41) is 14.5. The van der Waals surface area contributed by atoms with E-state index >= 15 is 0 Å². The Balaban J connectivity index is 2.01. The molecule has 0 radical (unpaired) electrons. The molecule has 0 aromatic heterocycles. The van der Waals surface area contributed by atoms with Crippen molar-refractivity contribution in [1.29, 1.82) is 0 Å². The van der Waals surface area contributed by atoms with Gasteiger partial charge in [-0.3, -0.25) is 10.1 Å². The molecular formula is C15H22N2O2S. The molecule has 1 aliphatic heterocycles. The molecule has 1 heterocycles. The van der Waals surface area contributed by atoms with Crippen molar-refractivity contribution in [2.45, 2.75) is 39.8 Å². The number of thioether (sulfide) groups is 1. The van der Waals surface area contributed by atoms with Gasteiger partial charge in [0.05, 0.1) is 4.92 Å². The Morgan fingerprint density at radius 3 is 2.90 bits per heavy atom. The van der Waals surface area contributed by atoms with Crippen molar-refractivity contribution in [1.82, 2.24) is 5.32 Å². The molecule has 1 N–H and O–H groups in total. The van der Waals surface area contributed by atoms with Gasteiger partial charge in [0, 0.05) is 30.0 Å². The predicted molar refractivity (Wildman–Crippen MR) is 84.2 cm³/mol. The zero-order valence-corrected chi connectivity index (χ0v) is 13.1. The van der Waals surface area contributed by atoms with Crippen LogP contribution in [0.3, 0.4) is 0 Å². The molecule has 1 aromatic carbocycles. The topological polar surface area (TPSA) is 55.2 Å². The zero-order valence-electron chi connectivity index (χ0n) is 12.3. The Morgan fingerprint density at radius 2 is 2.25 bits per heavy atom. The van der Waals surface area contributed by atoms with Crippen molar-refractivity contribution in [3.05, 3.63) is 39.4 Å². The minimum atomic E-state index is -0.307. The van der Waals surface area contributed by atoms with E-state index in [-0.39, 0.29) is 10.6 Å². The van der Waals surface area contributed by atoms with Crippen molar-refractivity contribution in [3.8, 4) is 0 Å². The van der Waals surface area contributed by atoms with E-state index in [1.165, 1.54) is 5.75 Å². The maximum Gasteiger partial charge on any atom is 0.272 e. The summed E-state index contributed by atoms with van der Waals surface area (Å²) in [4.78, 5) is 10.6. The Labute approximate surface area is 124 Å². The van der Waals surface area contributed by atoms with Gasteiger partial charge < -0.3 is 5.32 Å². The average Bonchev–Trinajstić information content (AvgIpc) is 2.36. The number of nitrogens with zero attached hydrogens (tertiary/aromatic N) is 1. The molecule has 2 rings (SSSR count). The number of nitro benzene ring substituents is 1. The fourth-order valence-electron chi connectivity index (χ4n) is 2.71. The third-order valence-corrected chi connectivity index (χ3v) is 5.43. The fraction of sp³-hybridized carbons (Fsp3) is 0.600. The summed E-state index contributed by atoms with van der Waals surface area (Å²) in [6, 6.07) is 5.79. The quantitative estimate of drug-likeness (QED) is 0.682. The standard InChI is InChI=1S/C15H22N2O2S/c1-11-12(5-4-6-14(11)17(18)19)8-16-13-7-15(2,3)10-20-9-13/h4-6,13,16H,7-10H2,1-3H3. The highest BCUT2D eigenvalue weighted by molar-refractivity contribution is 7.99. The zero-order chi connectivity index (χ0) is 14.8. The molecule has 20 heavy (non-hydrogen) atoms. The van der Waals surface area contributed by atoms with Crippen molar-refractivity contribution in [3.63, 3.8) is 0 Å². The molecule has 4 nitrogen and oxygen atoms in total. The summed E-state index contributed by atoms with van der Waals surface area (Å²) >= 11 is 1.99. The molecule has 1 fully saturated rings. The number of benzene rings is 1. The van der Waals surface area contributed by atoms with Gasteiger partial charge in [-0.25, -0.2) is 0 Å². The SMILES string of the molecule is Cc1c(CNC2CSCC(C)(C)C2)cccc1[N+](=O)[O-]. The highest BCUT2D eigenvalue weighted by atomic mass is 32.2. The lowest BCUT2D eigenvalue weighted by Gasteiger charge is -2.35. The smallest absolute Gasteiger partial charge is 0.272 e. The summed E-state index contributed by atoms with van der Waals surface area (Å²) < 4.78 is 0. The summed E-state index contributed by atoms with van der Waals surface area (Å²) in [5.41, 5.74) is 2.38. The second-order valence-corrected chi connectivity index (χ2v) is 7.31. The Hall–Kier alpha value is -1.07. The van der Waals surface area contributed by atoms with E-state index in [9.17, 15) is 10.1 Å². The molecule has 1 saturated heterocycles. The number of nitro groups is 1. The first-order valence-electron chi connectivity index (χ1n) is 6.93. The summed E-state index contributed by atoms with van der Waals surface area (Å²) in [7, 11) is 0.